The third kappa shape index (κ3) is 2.08. The number of aryl methyl sites for hydroxylation is 2. The largest absolute Gasteiger partial charge is 0.376 e. The molecule has 4 nitrogen and oxygen atoms in total. The first kappa shape index (κ1) is 12.8. The quantitative estimate of drug-likeness (QED) is 0.941. The highest BCUT2D eigenvalue weighted by Gasteiger charge is 2.40. The zero-order chi connectivity index (χ0) is 13.7. The molecule has 20 heavy (non-hydrogen) atoms. The van der Waals surface area contributed by atoms with Gasteiger partial charge in [0.25, 0.3) is 0 Å². The fourth-order valence-electron chi connectivity index (χ4n) is 3.32. The number of hydrogen-bond donors (Lipinski definition) is 1. The highest BCUT2D eigenvalue weighted by Crippen LogP contribution is 2.38. The first-order valence-corrected chi connectivity index (χ1v) is 8.39. The molecule has 0 radical (unpaired) electrons. The van der Waals surface area contributed by atoms with E-state index >= 15 is 0 Å². The average Bonchev–Trinajstić information content (AvgIpc) is 2.94. The maximum absolute atomic E-state index is 5.90. The fraction of sp³-hybridized carbons (Fsp3) is 0.667. The minimum Gasteiger partial charge on any atom is -0.376 e. The Hall–Kier alpha value is -0.910. The summed E-state index contributed by atoms with van der Waals surface area (Å²) in [6.07, 6.45) is 4.29. The molecule has 2 aromatic heterocycles. The summed E-state index contributed by atoms with van der Waals surface area (Å²) in [6.45, 7) is 6.07. The maximum Gasteiger partial charge on any atom is 0.194 e. The molecule has 108 valence electrons. The average molecular weight is 291 g/mol. The fourth-order valence-corrected chi connectivity index (χ4v) is 4.25. The van der Waals surface area contributed by atoms with Crippen molar-refractivity contribution in [2.75, 3.05) is 6.61 Å². The topological polar surface area (TPSA) is 38.6 Å². The van der Waals surface area contributed by atoms with Gasteiger partial charge in [-0.15, -0.1) is 11.3 Å². The van der Waals surface area contributed by atoms with Crippen molar-refractivity contribution in [2.24, 2.45) is 5.92 Å². The summed E-state index contributed by atoms with van der Waals surface area (Å²) >= 11 is 1.72. The van der Waals surface area contributed by atoms with Gasteiger partial charge in [0.1, 0.15) is 0 Å². The summed E-state index contributed by atoms with van der Waals surface area (Å²) in [4.78, 5) is 5.77. The van der Waals surface area contributed by atoms with Gasteiger partial charge in [0, 0.05) is 30.3 Å². The molecule has 2 unspecified atom stereocenters. The van der Waals surface area contributed by atoms with E-state index in [1.54, 1.807) is 11.3 Å². The van der Waals surface area contributed by atoms with E-state index in [-0.39, 0.29) is 0 Å². The first-order chi connectivity index (χ1) is 9.74. The Morgan fingerprint density at radius 3 is 3.05 bits per heavy atom. The third-order valence-corrected chi connectivity index (χ3v) is 5.53. The lowest BCUT2D eigenvalue weighted by Gasteiger charge is -2.19. The second kappa shape index (κ2) is 4.83. The van der Waals surface area contributed by atoms with E-state index in [1.165, 1.54) is 24.2 Å². The van der Waals surface area contributed by atoms with Crippen molar-refractivity contribution in [2.45, 2.75) is 51.8 Å². The van der Waals surface area contributed by atoms with E-state index in [9.17, 15) is 0 Å². The third-order valence-electron chi connectivity index (χ3n) is 4.58. The van der Waals surface area contributed by atoms with E-state index in [0.29, 0.717) is 12.1 Å². The van der Waals surface area contributed by atoms with Crippen LogP contribution in [0.3, 0.4) is 0 Å². The number of hydrogen-bond acceptors (Lipinski definition) is 4. The second-order valence-electron chi connectivity index (χ2n) is 6.09. The number of thiazole rings is 1. The number of nitrogens with one attached hydrogen (secondary N) is 1. The molecule has 2 aliphatic rings. The van der Waals surface area contributed by atoms with E-state index in [4.69, 9.17) is 4.74 Å². The lowest BCUT2D eigenvalue weighted by molar-refractivity contribution is 0.0808. The summed E-state index contributed by atoms with van der Waals surface area (Å²) in [5.41, 5.74) is 3.73. The summed E-state index contributed by atoms with van der Waals surface area (Å²) in [7, 11) is 0. The van der Waals surface area contributed by atoms with Gasteiger partial charge in [-0.2, -0.15) is 0 Å². The van der Waals surface area contributed by atoms with Crippen molar-refractivity contribution in [1.82, 2.24) is 14.7 Å². The summed E-state index contributed by atoms with van der Waals surface area (Å²) in [5, 5.41) is 5.90. The Balaban J connectivity index is 1.52. The van der Waals surface area contributed by atoms with E-state index in [0.717, 1.165) is 36.1 Å². The molecule has 1 N–H and O–H groups in total. The van der Waals surface area contributed by atoms with Crippen molar-refractivity contribution in [3.05, 3.63) is 22.5 Å². The van der Waals surface area contributed by atoms with Gasteiger partial charge >= 0.3 is 0 Å². The van der Waals surface area contributed by atoms with Crippen LogP contribution in [-0.4, -0.2) is 28.1 Å². The second-order valence-corrected chi connectivity index (χ2v) is 6.92. The highest BCUT2D eigenvalue weighted by atomic mass is 32.1. The van der Waals surface area contributed by atoms with Gasteiger partial charge in [-0.1, -0.05) is 0 Å². The zero-order valence-corrected chi connectivity index (χ0v) is 12.9. The molecule has 1 saturated carbocycles. The zero-order valence-electron chi connectivity index (χ0n) is 12.1. The molecule has 2 atom stereocenters. The van der Waals surface area contributed by atoms with Crippen LogP contribution in [0.15, 0.2) is 5.38 Å². The molecule has 0 amide bonds. The van der Waals surface area contributed by atoms with Gasteiger partial charge in [0.15, 0.2) is 4.96 Å². The molecule has 2 aromatic rings. The van der Waals surface area contributed by atoms with E-state index < -0.39 is 0 Å². The van der Waals surface area contributed by atoms with Gasteiger partial charge in [-0.05, 0) is 39.0 Å². The molecular formula is C15H21N3OS. The van der Waals surface area contributed by atoms with Crippen LogP contribution in [0.2, 0.25) is 0 Å². The van der Waals surface area contributed by atoms with E-state index in [1.807, 2.05) is 0 Å². The van der Waals surface area contributed by atoms with Crippen molar-refractivity contribution in [1.29, 1.82) is 0 Å². The Morgan fingerprint density at radius 1 is 1.40 bits per heavy atom. The number of imidazole rings is 1. The van der Waals surface area contributed by atoms with Crippen LogP contribution >= 0.6 is 11.3 Å². The van der Waals surface area contributed by atoms with Gasteiger partial charge < -0.3 is 10.1 Å². The molecule has 1 aliphatic heterocycles. The molecule has 1 saturated heterocycles. The number of rotatable bonds is 4. The molecule has 5 heteroatoms. The van der Waals surface area contributed by atoms with Crippen LogP contribution in [0.1, 0.15) is 36.3 Å². The van der Waals surface area contributed by atoms with Gasteiger partial charge in [-0.3, -0.25) is 4.40 Å². The highest BCUT2D eigenvalue weighted by molar-refractivity contribution is 7.15. The van der Waals surface area contributed by atoms with Crippen LogP contribution in [0, 0.1) is 19.8 Å². The predicted molar refractivity (Wildman–Crippen MR) is 80.3 cm³/mol. The number of aromatic nitrogens is 2. The van der Waals surface area contributed by atoms with Gasteiger partial charge in [0.05, 0.1) is 17.5 Å². The van der Waals surface area contributed by atoms with Gasteiger partial charge in [-0.25, -0.2) is 4.98 Å². The number of fused-ring (bicyclic) bond motifs is 1. The Labute approximate surface area is 123 Å². The Bertz CT molecular complexity index is 628. The van der Waals surface area contributed by atoms with Crippen molar-refractivity contribution in [3.8, 4) is 0 Å². The monoisotopic (exact) mass is 291 g/mol. The summed E-state index contributed by atoms with van der Waals surface area (Å²) in [5.74, 6) is 0.810. The van der Waals surface area contributed by atoms with E-state index in [2.05, 4.69) is 33.9 Å². The molecule has 2 fully saturated rings. The lowest BCUT2D eigenvalue weighted by atomic mass is 10.1. The van der Waals surface area contributed by atoms with Crippen molar-refractivity contribution in [3.63, 3.8) is 0 Å². The maximum atomic E-state index is 5.90. The molecule has 4 rings (SSSR count). The normalized spacial score (nSPS) is 26.7. The number of ether oxygens (including phenoxy) is 1. The smallest absolute Gasteiger partial charge is 0.194 e. The molecule has 0 spiro atoms. The summed E-state index contributed by atoms with van der Waals surface area (Å²) in [6, 6.07) is 0.520. The summed E-state index contributed by atoms with van der Waals surface area (Å²) < 4.78 is 8.19. The van der Waals surface area contributed by atoms with Crippen molar-refractivity contribution >= 4 is 16.3 Å². The molecule has 0 aromatic carbocycles. The first-order valence-electron chi connectivity index (χ1n) is 7.51. The number of nitrogens with zero attached hydrogens (tertiary/aromatic N) is 2. The van der Waals surface area contributed by atoms with Gasteiger partial charge in [0.2, 0.25) is 0 Å². The molecular weight excluding hydrogens is 270 g/mol. The standard InChI is InChI=1S/C15H21N3OS/c1-9-8-20-15-17-10(2)13(18(9)15)7-16-12-5-6-19-14(12)11-3-4-11/h8,11-12,14,16H,3-7H2,1-2H3. The minimum absolute atomic E-state index is 0.447. The van der Waals surface area contributed by atoms with Crippen LogP contribution in [-0.2, 0) is 11.3 Å². The predicted octanol–water partition coefficient (Wildman–Crippen LogP) is 2.67. The van der Waals surface area contributed by atoms with Crippen LogP contribution in [0.4, 0.5) is 0 Å². The molecule has 3 heterocycles. The lowest BCUT2D eigenvalue weighted by Crippen LogP contribution is -2.37. The van der Waals surface area contributed by atoms with Crippen LogP contribution in [0.5, 0.6) is 0 Å². The Kier molecular flexibility index (Phi) is 3.09. The SMILES string of the molecule is Cc1nc2scc(C)n2c1CNC1CCOC1C1CC1. The molecule has 0 bridgehead atoms. The minimum atomic E-state index is 0.447. The Morgan fingerprint density at radius 2 is 2.25 bits per heavy atom. The van der Waals surface area contributed by atoms with Crippen molar-refractivity contribution < 1.29 is 4.74 Å². The van der Waals surface area contributed by atoms with Crippen LogP contribution < -0.4 is 5.32 Å². The van der Waals surface area contributed by atoms with Crippen LogP contribution in [0.25, 0.3) is 4.96 Å². The molecule has 1 aliphatic carbocycles.